The first-order chi connectivity index (χ1) is 8.86. The van der Waals surface area contributed by atoms with Crippen LogP contribution in [0.3, 0.4) is 0 Å². The van der Waals surface area contributed by atoms with Gasteiger partial charge in [-0.2, -0.15) is 0 Å². The van der Waals surface area contributed by atoms with Gasteiger partial charge in [-0.1, -0.05) is 6.92 Å². The smallest absolute Gasteiger partial charge is 0.315 e. The second-order valence-corrected chi connectivity index (χ2v) is 6.26. The topological polar surface area (TPSA) is 61.8 Å². The Bertz CT molecular complexity index is 434. The molecule has 0 radical (unpaired) electrons. The van der Waals surface area contributed by atoms with Crippen molar-refractivity contribution in [3.05, 3.63) is 0 Å². The Kier molecular flexibility index (Phi) is 2.68. The minimum absolute atomic E-state index is 0.124. The zero-order valence-corrected chi connectivity index (χ0v) is 11.6. The van der Waals surface area contributed by atoms with Crippen LogP contribution in [0.2, 0.25) is 0 Å². The molecule has 19 heavy (non-hydrogen) atoms. The lowest BCUT2D eigenvalue weighted by Crippen LogP contribution is -2.64. The lowest BCUT2D eigenvalue weighted by molar-refractivity contribution is -0.346. The maximum absolute atomic E-state index is 12.2. The first-order valence-electron chi connectivity index (χ1n) is 6.96. The van der Waals surface area contributed by atoms with Crippen molar-refractivity contribution in [2.24, 2.45) is 11.8 Å². The van der Waals surface area contributed by atoms with Gasteiger partial charge in [0.25, 0.3) is 0 Å². The molecular weight excluding hydrogens is 248 g/mol. The van der Waals surface area contributed by atoms with Crippen LogP contribution in [0.1, 0.15) is 46.5 Å². The number of carbonyl (C=O) groups is 2. The normalized spacial score (nSPS) is 48.4. The highest BCUT2D eigenvalue weighted by molar-refractivity contribution is 5.76. The van der Waals surface area contributed by atoms with Crippen molar-refractivity contribution in [3.8, 4) is 0 Å². The van der Waals surface area contributed by atoms with E-state index in [1.165, 1.54) is 6.92 Å². The summed E-state index contributed by atoms with van der Waals surface area (Å²) in [4.78, 5) is 23.7. The second-order valence-electron chi connectivity index (χ2n) is 6.26. The molecule has 3 rings (SSSR count). The molecule has 0 amide bonds. The molecule has 5 heteroatoms. The van der Waals surface area contributed by atoms with Crippen molar-refractivity contribution in [2.75, 3.05) is 0 Å². The zero-order chi connectivity index (χ0) is 13.8. The number of hydrogen-bond acceptors (Lipinski definition) is 5. The molecular formula is C14H20O5. The van der Waals surface area contributed by atoms with Crippen LogP contribution in [0.25, 0.3) is 0 Å². The van der Waals surface area contributed by atoms with Gasteiger partial charge in [-0.05, 0) is 32.6 Å². The number of hydrogen-bond donors (Lipinski definition) is 0. The monoisotopic (exact) mass is 268 g/mol. The van der Waals surface area contributed by atoms with Crippen LogP contribution in [-0.2, 0) is 23.8 Å². The van der Waals surface area contributed by atoms with Crippen molar-refractivity contribution >= 4 is 11.9 Å². The highest BCUT2D eigenvalue weighted by Gasteiger charge is 2.65. The van der Waals surface area contributed by atoms with Gasteiger partial charge in [0.2, 0.25) is 5.79 Å². The highest BCUT2D eigenvalue weighted by atomic mass is 16.7. The summed E-state index contributed by atoms with van der Waals surface area (Å²) in [5, 5.41) is 0. The average molecular weight is 268 g/mol. The van der Waals surface area contributed by atoms with Gasteiger partial charge in [-0.25, -0.2) is 0 Å². The molecule has 0 aromatic carbocycles. The van der Waals surface area contributed by atoms with E-state index < -0.39 is 17.7 Å². The Labute approximate surface area is 112 Å². The molecule has 0 saturated carbocycles. The molecule has 3 fully saturated rings. The van der Waals surface area contributed by atoms with E-state index >= 15 is 0 Å². The standard InChI is InChI=1S/C14H20O5/c1-8-11-5-7-13(3)6-4-10(12(16)17-11)14(8,19-13)18-9(2)15/h8,10-11H,4-7H2,1-3H3/t8-,10+,11+,13-,14-/m1/s1. The van der Waals surface area contributed by atoms with Crippen LogP contribution in [0.4, 0.5) is 0 Å². The van der Waals surface area contributed by atoms with Gasteiger partial charge in [-0.15, -0.1) is 0 Å². The molecule has 0 aromatic heterocycles. The highest BCUT2D eigenvalue weighted by Crippen LogP contribution is 2.53. The van der Waals surface area contributed by atoms with Crippen molar-refractivity contribution in [3.63, 3.8) is 0 Å². The summed E-state index contributed by atoms with van der Waals surface area (Å²) in [6.45, 7) is 5.34. The average Bonchev–Trinajstić information content (AvgIpc) is 2.36. The van der Waals surface area contributed by atoms with Crippen molar-refractivity contribution in [1.29, 1.82) is 0 Å². The molecule has 0 spiro atoms. The van der Waals surface area contributed by atoms with Crippen LogP contribution in [0.5, 0.6) is 0 Å². The SMILES string of the molecule is CC(=O)O[C@]12O[C@@]3(C)CC[C@H](OC(=O)[C@@H]1CC3)[C@H]2C. The Morgan fingerprint density at radius 3 is 2.74 bits per heavy atom. The zero-order valence-electron chi connectivity index (χ0n) is 11.6. The Hall–Kier alpha value is -1.10. The predicted molar refractivity (Wildman–Crippen MR) is 65.0 cm³/mol. The fraction of sp³-hybridized carbons (Fsp3) is 0.857. The lowest BCUT2D eigenvalue weighted by Gasteiger charge is -2.52. The van der Waals surface area contributed by atoms with E-state index in [1.54, 1.807) is 0 Å². The second kappa shape index (κ2) is 3.95. The summed E-state index contributed by atoms with van der Waals surface area (Å²) in [6.07, 6.45) is 2.82. The van der Waals surface area contributed by atoms with Gasteiger partial charge < -0.3 is 14.2 Å². The fourth-order valence-corrected chi connectivity index (χ4v) is 3.79. The Morgan fingerprint density at radius 2 is 2.05 bits per heavy atom. The minimum atomic E-state index is -1.13. The third-order valence-electron chi connectivity index (χ3n) is 4.86. The molecule has 106 valence electrons. The molecule has 3 heterocycles. The summed E-state index contributed by atoms with van der Waals surface area (Å²) in [6, 6.07) is 0. The minimum Gasteiger partial charge on any atom is -0.461 e. The van der Waals surface area contributed by atoms with Gasteiger partial charge in [-0.3, -0.25) is 9.59 Å². The molecule has 0 aliphatic carbocycles. The van der Waals surface area contributed by atoms with Gasteiger partial charge in [0.15, 0.2) is 0 Å². The Morgan fingerprint density at radius 1 is 1.37 bits per heavy atom. The number of esters is 2. The number of ether oxygens (including phenoxy) is 3. The van der Waals surface area contributed by atoms with E-state index in [2.05, 4.69) is 0 Å². The van der Waals surface area contributed by atoms with Crippen LogP contribution in [0, 0.1) is 11.8 Å². The summed E-state index contributed by atoms with van der Waals surface area (Å²) < 4.78 is 17.3. The largest absolute Gasteiger partial charge is 0.461 e. The summed E-state index contributed by atoms with van der Waals surface area (Å²) in [7, 11) is 0. The fourth-order valence-electron chi connectivity index (χ4n) is 3.79. The number of rotatable bonds is 1. The first kappa shape index (κ1) is 12.9. The molecule has 3 aliphatic rings. The molecule has 3 aliphatic heterocycles. The van der Waals surface area contributed by atoms with E-state index in [4.69, 9.17) is 14.2 Å². The molecule has 0 N–H and O–H groups in total. The predicted octanol–water partition coefficient (Wildman–Crippen LogP) is 1.79. The molecule has 5 nitrogen and oxygen atoms in total. The van der Waals surface area contributed by atoms with Gasteiger partial charge in [0, 0.05) is 6.92 Å². The summed E-state index contributed by atoms with van der Waals surface area (Å²) in [5.41, 5.74) is -0.330. The van der Waals surface area contributed by atoms with E-state index in [1.807, 2.05) is 13.8 Å². The Balaban J connectivity index is 2.09. The summed E-state index contributed by atoms with van der Waals surface area (Å²) >= 11 is 0. The van der Waals surface area contributed by atoms with Gasteiger partial charge in [0.1, 0.15) is 12.0 Å². The van der Waals surface area contributed by atoms with Crippen LogP contribution < -0.4 is 0 Å². The summed E-state index contributed by atoms with van der Waals surface area (Å²) in [5.74, 6) is -2.44. The lowest BCUT2D eigenvalue weighted by atomic mass is 9.77. The van der Waals surface area contributed by atoms with Crippen molar-refractivity contribution in [2.45, 2.75) is 63.9 Å². The van der Waals surface area contributed by atoms with E-state index in [0.717, 1.165) is 19.3 Å². The van der Waals surface area contributed by atoms with E-state index in [0.29, 0.717) is 6.42 Å². The van der Waals surface area contributed by atoms with Gasteiger partial charge in [0.05, 0.1) is 11.5 Å². The maximum Gasteiger partial charge on any atom is 0.315 e. The first-order valence-corrected chi connectivity index (χ1v) is 6.96. The molecule has 3 bridgehead atoms. The van der Waals surface area contributed by atoms with E-state index in [-0.39, 0.29) is 23.6 Å². The molecule has 5 atom stereocenters. The van der Waals surface area contributed by atoms with Crippen LogP contribution in [0.15, 0.2) is 0 Å². The van der Waals surface area contributed by atoms with Crippen LogP contribution >= 0.6 is 0 Å². The number of fused-ring (bicyclic) bond motifs is 2. The van der Waals surface area contributed by atoms with Gasteiger partial charge >= 0.3 is 11.9 Å². The van der Waals surface area contributed by atoms with Crippen LogP contribution in [-0.4, -0.2) is 29.4 Å². The third kappa shape index (κ3) is 1.78. The van der Waals surface area contributed by atoms with Crippen molar-refractivity contribution < 1.29 is 23.8 Å². The molecule has 0 unspecified atom stereocenters. The van der Waals surface area contributed by atoms with E-state index in [9.17, 15) is 9.59 Å². The maximum atomic E-state index is 12.2. The molecule has 3 saturated heterocycles. The third-order valence-corrected chi connectivity index (χ3v) is 4.86. The van der Waals surface area contributed by atoms with Crippen molar-refractivity contribution in [1.82, 2.24) is 0 Å². The quantitative estimate of drug-likeness (QED) is 0.678. The number of carbonyl (C=O) groups excluding carboxylic acids is 2. The molecule has 0 aromatic rings.